The van der Waals surface area contributed by atoms with Gasteiger partial charge in [0.1, 0.15) is 17.8 Å². The number of rotatable bonds is 6. The zero-order valence-electron chi connectivity index (χ0n) is 13.1. The fourth-order valence-electron chi connectivity index (χ4n) is 2.05. The first-order valence-corrected chi connectivity index (χ1v) is 7.55. The molecule has 0 aliphatic heterocycles. The Balaban J connectivity index is 1.68. The van der Waals surface area contributed by atoms with E-state index in [2.05, 4.69) is 15.5 Å². The summed E-state index contributed by atoms with van der Waals surface area (Å²) in [6.07, 6.45) is 2.39. The van der Waals surface area contributed by atoms with E-state index in [1.54, 1.807) is 42.5 Å². The highest BCUT2D eigenvalue weighted by atomic mass is 16.5. The Morgan fingerprint density at radius 1 is 1.12 bits per heavy atom. The number of benzene rings is 2. The van der Waals surface area contributed by atoms with Crippen LogP contribution in [0, 0.1) is 0 Å². The zero-order valence-corrected chi connectivity index (χ0v) is 13.1. The average molecular weight is 324 g/mol. The molecule has 24 heavy (non-hydrogen) atoms. The van der Waals surface area contributed by atoms with Crippen molar-refractivity contribution in [2.24, 2.45) is 0 Å². The Morgan fingerprint density at radius 2 is 1.96 bits per heavy atom. The molecule has 0 unspecified atom stereocenters. The number of tetrazole rings is 1. The fraction of sp³-hybridized carbons (Fsp3) is 0.176. The van der Waals surface area contributed by atoms with Crippen LogP contribution in [0.2, 0.25) is 0 Å². The molecule has 122 valence electrons. The average Bonchev–Trinajstić information content (AvgIpc) is 3.15. The topological polar surface area (TPSA) is 79.1 Å². The van der Waals surface area contributed by atoms with E-state index in [0.717, 1.165) is 12.1 Å². The van der Waals surface area contributed by atoms with E-state index in [4.69, 9.17) is 9.47 Å². The SMILES string of the molecule is CCCOc1cccc(C(=O)Oc2ccc(-n3cnnn3)cc2)c1. The van der Waals surface area contributed by atoms with E-state index in [1.807, 2.05) is 13.0 Å². The summed E-state index contributed by atoms with van der Waals surface area (Å²) in [5.74, 6) is 0.657. The normalized spacial score (nSPS) is 10.4. The van der Waals surface area contributed by atoms with Crippen LogP contribution in [0.25, 0.3) is 5.69 Å². The van der Waals surface area contributed by atoms with Crippen LogP contribution >= 0.6 is 0 Å². The van der Waals surface area contributed by atoms with E-state index in [9.17, 15) is 4.79 Å². The zero-order chi connectivity index (χ0) is 16.8. The number of esters is 1. The molecular weight excluding hydrogens is 308 g/mol. The molecule has 0 aliphatic carbocycles. The summed E-state index contributed by atoms with van der Waals surface area (Å²) in [6, 6.07) is 13.8. The van der Waals surface area contributed by atoms with Gasteiger partial charge in [-0.1, -0.05) is 13.0 Å². The monoisotopic (exact) mass is 324 g/mol. The maximum atomic E-state index is 12.2. The van der Waals surface area contributed by atoms with Gasteiger partial charge in [0.2, 0.25) is 0 Å². The van der Waals surface area contributed by atoms with Crippen LogP contribution < -0.4 is 9.47 Å². The third kappa shape index (κ3) is 3.75. The lowest BCUT2D eigenvalue weighted by Crippen LogP contribution is -2.09. The number of nitrogens with zero attached hydrogens (tertiary/aromatic N) is 4. The van der Waals surface area contributed by atoms with E-state index in [-0.39, 0.29) is 0 Å². The predicted molar refractivity (Wildman–Crippen MR) is 86.3 cm³/mol. The van der Waals surface area contributed by atoms with Crippen molar-refractivity contribution < 1.29 is 14.3 Å². The lowest BCUT2D eigenvalue weighted by molar-refractivity contribution is 0.0734. The van der Waals surface area contributed by atoms with Gasteiger partial charge in [-0.2, -0.15) is 0 Å². The molecule has 3 aromatic rings. The molecular formula is C17H16N4O3. The van der Waals surface area contributed by atoms with Crippen LogP contribution in [-0.2, 0) is 0 Å². The van der Waals surface area contributed by atoms with Crippen LogP contribution in [0.5, 0.6) is 11.5 Å². The summed E-state index contributed by atoms with van der Waals surface area (Å²) in [6.45, 7) is 2.63. The minimum Gasteiger partial charge on any atom is -0.494 e. The van der Waals surface area contributed by atoms with Crippen LogP contribution in [0.4, 0.5) is 0 Å². The number of hydrogen-bond donors (Lipinski definition) is 0. The first-order chi connectivity index (χ1) is 11.8. The summed E-state index contributed by atoms with van der Waals surface area (Å²) in [4.78, 5) is 12.2. The molecule has 0 spiro atoms. The summed E-state index contributed by atoms with van der Waals surface area (Å²) in [5.41, 5.74) is 1.21. The van der Waals surface area contributed by atoms with E-state index >= 15 is 0 Å². The van der Waals surface area contributed by atoms with E-state index < -0.39 is 5.97 Å². The molecule has 0 N–H and O–H groups in total. The van der Waals surface area contributed by atoms with Gasteiger partial charge in [0.15, 0.2) is 0 Å². The molecule has 0 aliphatic rings. The maximum Gasteiger partial charge on any atom is 0.343 e. The Labute approximate surface area is 138 Å². The fourth-order valence-corrected chi connectivity index (χ4v) is 2.05. The molecule has 0 atom stereocenters. The van der Waals surface area contributed by atoms with Gasteiger partial charge in [-0.25, -0.2) is 9.48 Å². The second-order valence-electron chi connectivity index (χ2n) is 5.01. The van der Waals surface area contributed by atoms with Crippen molar-refractivity contribution in [1.82, 2.24) is 20.2 Å². The maximum absolute atomic E-state index is 12.2. The van der Waals surface area contributed by atoms with Gasteiger partial charge < -0.3 is 9.47 Å². The van der Waals surface area contributed by atoms with Crippen molar-refractivity contribution >= 4 is 5.97 Å². The molecule has 7 heteroatoms. The molecule has 0 bridgehead atoms. The van der Waals surface area contributed by atoms with Crippen molar-refractivity contribution in [2.45, 2.75) is 13.3 Å². The van der Waals surface area contributed by atoms with E-state index in [0.29, 0.717) is 23.7 Å². The highest BCUT2D eigenvalue weighted by molar-refractivity contribution is 5.91. The van der Waals surface area contributed by atoms with Crippen molar-refractivity contribution in [1.29, 1.82) is 0 Å². The quantitative estimate of drug-likeness (QED) is 0.512. The first kappa shape index (κ1) is 15.7. The van der Waals surface area contributed by atoms with Crippen molar-refractivity contribution in [2.75, 3.05) is 6.61 Å². The Morgan fingerprint density at radius 3 is 2.67 bits per heavy atom. The minimum absolute atomic E-state index is 0.438. The predicted octanol–water partition coefficient (Wildman–Crippen LogP) is 2.67. The second kappa shape index (κ2) is 7.36. The molecule has 7 nitrogen and oxygen atoms in total. The van der Waals surface area contributed by atoms with Crippen LogP contribution in [0.3, 0.4) is 0 Å². The number of aromatic nitrogens is 4. The van der Waals surface area contributed by atoms with Crippen molar-refractivity contribution in [3.05, 3.63) is 60.4 Å². The molecule has 3 rings (SSSR count). The highest BCUT2D eigenvalue weighted by Crippen LogP contribution is 2.18. The summed E-state index contributed by atoms with van der Waals surface area (Å²) in [7, 11) is 0. The molecule has 1 aromatic heterocycles. The van der Waals surface area contributed by atoms with Gasteiger partial charge in [0, 0.05) is 0 Å². The Kier molecular flexibility index (Phi) is 4.81. The number of carbonyl (C=O) groups is 1. The highest BCUT2D eigenvalue weighted by Gasteiger charge is 2.10. The summed E-state index contributed by atoms with van der Waals surface area (Å²) >= 11 is 0. The minimum atomic E-state index is -0.438. The smallest absolute Gasteiger partial charge is 0.343 e. The molecule has 0 fully saturated rings. The van der Waals surface area contributed by atoms with Gasteiger partial charge in [-0.3, -0.25) is 0 Å². The van der Waals surface area contributed by atoms with Crippen molar-refractivity contribution in [3.63, 3.8) is 0 Å². The molecule has 2 aromatic carbocycles. The van der Waals surface area contributed by atoms with Crippen molar-refractivity contribution in [3.8, 4) is 17.2 Å². The number of carbonyl (C=O) groups excluding carboxylic acids is 1. The van der Waals surface area contributed by atoms with Crippen LogP contribution in [-0.4, -0.2) is 32.8 Å². The number of hydrogen-bond acceptors (Lipinski definition) is 6. The molecule has 1 heterocycles. The largest absolute Gasteiger partial charge is 0.494 e. The van der Waals surface area contributed by atoms with Gasteiger partial charge >= 0.3 is 5.97 Å². The number of ether oxygens (including phenoxy) is 2. The standard InChI is InChI=1S/C17H16N4O3/c1-2-10-23-16-5-3-4-13(11-16)17(22)24-15-8-6-14(7-9-15)21-12-18-19-20-21/h3-9,11-12H,2,10H2,1H3. The second-order valence-corrected chi connectivity index (χ2v) is 5.01. The Bertz CT molecular complexity index is 801. The third-order valence-corrected chi connectivity index (χ3v) is 3.20. The van der Waals surface area contributed by atoms with Gasteiger partial charge in [-0.05, 0) is 59.3 Å². The van der Waals surface area contributed by atoms with Crippen LogP contribution in [0.1, 0.15) is 23.7 Å². The summed E-state index contributed by atoms with van der Waals surface area (Å²) < 4.78 is 12.4. The van der Waals surface area contributed by atoms with Gasteiger partial charge in [-0.15, -0.1) is 5.10 Å². The summed E-state index contributed by atoms with van der Waals surface area (Å²) in [5, 5.41) is 10.9. The van der Waals surface area contributed by atoms with E-state index in [1.165, 1.54) is 11.0 Å². The lowest BCUT2D eigenvalue weighted by Gasteiger charge is -2.08. The van der Waals surface area contributed by atoms with Crippen LogP contribution in [0.15, 0.2) is 54.9 Å². The third-order valence-electron chi connectivity index (χ3n) is 3.20. The molecule has 0 saturated carbocycles. The van der Waals surface area contributed by atoms with Gasteiger partial charge in [0.25, 0.3) is 0 Å². The first-order valence-electron chi connectivity index (χ1n) is 7.55. The molecule has 0 radical (unpaired) electrons. The van der Waals surface area contributed by atoms with Gasteiger partial charge in [0.05, 0.1) is 17.9 Å². The Hall–Kier alpha value is -3.22. The molecule has 0 amide bonds. The molecule has 0 saturated heterocycles. The lowest BCUT2D eigenvalue weighted by atomic mass is 10.2.